The van der Waals surface area contributed by atoms with Gasteiger partial charge in [-0.3, -0.25) is 0 Å². The van der Waals surface area contributed by atoms with Crippen molar-refractivity contribution in [2.75, 3.05) is 24.7 Å². The first-order chi connectivity index (χ1) is 19.7. The molecular formula is C37H31N3. The summed E-state index contributed by atoms with van der Waals surface area (Å²) in [5.41, 5.74) is 13.2. The minimum atomic E-state index is 0.948. The lowest BCUT2D eigenvalue weighted by Crippen LogP contribution is -1.94. The fraction of sp³-hybridized carbons (Fsp3) is 0.0541. The van der Waals surface area contributed by atoms with Crippen LogP contribution in [0.1, 0.15) is 0 Å². The average molecular weight is 518 g/mol. The van der Waals surface area contributed by atoms with Crippen LogP contribution in [-0.4, -0.2) is 19.1 Å². The van der Waals surface area contributed by atoms with Gasteiger partial charge in [0.1, 0.15) is 0 Å². The number of nitrogens with zero attached hydrogens (tertiary/aromatic N) is 1. The van der Waals surface area contributed by atoms with Gasteiger partial charge in [0.25, 0.3) is 0 Å². The monoisotopic (exact) mass is 517 g/mol. The Labute approximate surface area is 236 Å². The van der Waals surface area contributed by atoms with Gasteiger partial charge in [-0.15, -0.1) is 0 Å². The summed E-state index contributed by atoms with van der Waals surface area (Å²) in [6, 6.07) is 49.2. The van der Waals surface area contributed by atoms with Crippen molar-refractivity contribution in [3.05, 3.63) is 140 Å². The van der Waals surface area contributed by atoms with Gasteiger partial charge in [-0.25, -0.2) is 4.98 Å². The molecule has 194 valence electrons. The van der Waals surface area contributed by atoms with Gasteiger partial charge in [0.05, 0.1) is 11.4 Å². The maximum atomic E-state index is 5.14. The summed E-state index contributed by atoms with van der Waals surface area (Å²) < 4.78 is 0. The number of anilines is 2. The van der Waals surface area contributed by atoms with Crippen molar-refractivity contribution in [2.45, 2.75) is 0 Å². The van der Waals surface area contributed by atoms with E-state index in [-0.39, 0.29) is 0 Å². The zero-order chi connectivity index (χ0) is 27.3. The normalized spacial score (nSPS) is 10.8. The Balaban J connectivity index is 1.44. The quantitative estimate of drug-likeness (QED) is 0.221. The largest absolute Gasteiger partial charge is 0.388 e. The lowest BCUT2D eigenvalue weighted by Gasteiger charge is -2.13. The van der Waals surface area contributed by atoms with E-state index in [1.54, 1.807) is 0 Å². The van der Waals surface area contributed by atoms with Gasteiger partial charge in [-0.2, -0.15) is 0 Å². The molecule has 0 saturated heterocycles. The van der Waals surface area contributed by atoms with Crippen molar-refractivity contribution in [3.63, 3.8) is 0 Å². The third-order valence-corrected chi connectivity index (χ3v) is 7.22. The number of benzene rings is 5. The number of aromatic nitrogens is 1. The second-order valence-corrected chi connectivity index (χ2v) is 9.82. The van der Waals surface area contributed by atoms with Gasteiger partial charge in [0.15, 0.2) is 0 Å². The van der Waals surface area contributed by atoms with E-state index >= 15 is 0 Å². The van der Waals surface area contributed by atoms with Gasteiger partial charge < -0.3 is 10.6 Å². The molecule has 0 aliphatic rings. The molecule has 0 amide bonds. The van der Waals surface area contributed by atoms with E-state index in [2.05, 4.69) is 138 Å². The topological polar surface area (TPSA) is 37.0 Å². The summed E-state index contributed by atoms with van der Waals surface area (Å²) in [4.78, 5) is 5.14. The molecule has 0 aliphatic carbocycles. The maximum absolute atomic E-state index is 5.14. The van der Waals surface area contributed by atoms with Crippen molar-refractivity contribution < 1.29 is 0 Å². The van der Waals surface area contributed by atoms with Crippen molar-refractivity contribution in [3.8, 4) is 55.9 Å². The molecule has 2 N–H and O–H groups in total. The molecule has 5 aromatic carbocycles. The van der Waals surface area contributed by atoms with Gasteiger partial charge in [-0.1, -0.05) is 103 Å². The second kappa shape index (κ2) is 11.3. The number of rotatable bonds is 7. The van der Waals surface area contributed by atoms with Gasteiger partial charge >= 0.3 is 0 Å². The highest BCUT2D eigenvalue weighted by atomic mass is 14.8. The zero-order valence-corrected chi connectivity index (χ0v) is 22.7. The second-order valence-electron chi connectivity index (χ2n) is 9.82. The van der Waals surface area contributed by atoms with Crippen LogP contribution in [0, 0.1) is 0 Å². The van der Waals surface area contributed by atoms with E-state index in [1.807, 2.05) is 26.2 Å². The molecule has 0 saturated carbocycles. The highest BCUT2D eigenvalue weighted by molar-refractivity contribution is 5.81. The predicted octanol–water partition coefficient (Wildman–Crippen LogP) is 9.50. The standard InChI is InChI=1S/C37H31N3/c1-38-34-21-32(22-35(25-34)39-2)30-14-9-15-31(20-30)37-24-33(23-36(40-37)29-12-7-4-8-13-29)28-18-16-27(17-19-28)26-10-5-3-6-11-26/h3-25,38-39H,1-2H3. The minimum absolute atomic E-state index is 0.948. The van der Waals surface area contributed by atoms with Crippen molar-refractivity contribution in [1.82, 2.24) is 4.98 Å². The molecule has 3 heteroatoms. The highest BCUT2D eigenvalue weighted by Crippen LogP contribution is 2.34. The van der Waals surface area contributed by atoms with Crippen molar-refractivity contribution in [2.24, 2.45) is 0 Å². The van der Waals surface area contributed by atoms with Crippen LogP contribution in [0.25, 0.3) is 55.9 Å². The fourth-order valence-corrected chi connectivity index (χ4v) is 5.03. The molecule has 3 nitrogen and oxygen atoms in total. The molecule has 1 heterocycles. The molecule has 6 rings (SSSR count). The fourth-order valence-electron chi connectivity index (χ4n) is 5.03. The Morgan fingerprint density at radius 1 is 0.350 bits per heavy atom. The summed E-state index contributed by atoms with van der Waals surface area (Å²) in [5.74, 6) is 0. The Morgan fingerprint density at radius 2 is 0.800 bits per heavy atom. The molecule has 6 aromatic rings. The summed E-state index contributed by atoms with van der Waals surface area (Å²) in [6.07, 6.45) is 0. The Kier molecular flexibility index (Phi) is 7.11. The first-order valence-corrected chi connectivity index (χ1v) is 13.5. The van der Waals surface area contributed by atoms with Crippen LogP contribution in [0.4, 0.5) is 11.4 Å². The molecule has 1 aromatic heterocycles. The van der Waals surface area contributed by atoms with Crippen molar-refractivity contribution >= 4 is 11.4 Å². The third-order valence-electron chi connectivity index (χ3n) is 7.22. The van der Waals surface area contributed by atoms with Gasteiger partial charge in [-0.05, 0) is 69.8 Å². The summed E-state index contributed by atoms with van der Waals surface area (Å²) in [7, 11) is 3.89. The highest BCUT2D eigenvalue weighted by Gasteiger charge is 2.11. The first kappa shape index (κ1) is 25.1. The van der Waals surface area contributed by atoms with E-state index in [0.29, 0.717) is 0 Å². The van der Waals surface area contributed by atoms with Crippen LogP contribution in [0.5, 0.6) is 0 Å². The van der Waals surface area contributed by atoms with Crippen LogP contribution in [0.2, 0.25) is 0 Å². The smallest absolute Gasteiger partial charge is 0.0715 e. The maximum Gasteiger partial charge on any atom is 0.0715 e. The van der Waals surface area contributed by atoms with Crippen LogP contribution in [0.15, 0.2) is 140 Å². The average Bonchev–Trinajstić information content (AvgIpc) is 3.05. The van der Waals surface area contributed by atoms with E-state index < -0.39 is 0 Å². The Hall–Kier alpha value is -5.15. The minimum Gasteiger partial charge on any atom is -0.388 e. The molecule has 0 aliphatic heterocycles. The molecule has 0 atom stereocenters. The van der Waals surface area contributed by atoms with E-state index in [4.69, 9.17) is 4.98 Å². The summed E-state index contributed by atoms with van der Waals surface area (Å²) in [5, 5.41) is 6.54. The molecule has 0 spiro atoms. The van der Waals surface area contributed by atoms with Gasteiger partial charge in [0.2, 0.25) is 0 Å². The van der Waals surface area contributed by atoms with Crippen LogP contribution in [-0.2, 0) is 0 Å². The molecular weight excluding hydrogens is 486 g/mol. The van der Waals surface area contributed by atoms with E-state index in [1.165, 1.54) is 11.1 Å². The zero-order valence-electron chi connectivity index (χ0n) is 22.7. The Bertz CT molecular complexity index is 1720. The third kappa shape index (κ3) is 5.36. The number of pyridine rings is 1. The summed E-state index contributed by atoms with van der Waals surface area (Å²) >= 11 is 0. The molecule has 40 heavy (non-hydrogen) atoms. The van der Waals surface area contributed by atoms with E-state index in [0.717, 1.165) is 56.1 Å². The number of hydrogen-bond donors (Lipinski definition) is 2. The van der Waals surface area contributed by atoms with Crippen molar-refractivity contribution in [1.29, 1.82) is 0 Å². The SMILES string of the molecule is CNc1cc(NC)cc(-c2cccc(-c3cc(-c4ccc(-c5ccccc5)cc4)cc(-c4ccccc4)n3)c2)c1. The summed E-state index contributed by atoms with van der Waals surface area (Å²) in [6.45, 7) is 0. The first-order valence-electron chi connectivity index (χ1n) is 13.5. The van der Waals surface area contributed by atoms with E-state index in [9.17, 15) is 0 Å². The Morgan fingerprint density at radius 3 is 1.40 bits per heavy atom. The lowest BCUT2D eigenvalue weighted by molar-refractivity contribution is 1.32. The number of hydrogen-bond acceptors (Lipinski definition) is 3. The van der Waals surface area contributed by atoms with Crippen LogP contribution in [0.3, 0.4) is 0 Å². The molecule has 0 unspecified atom stereocenters. The number of nitrogens with one attached hydrogen (secondary N) is 2. The van der Waals surface area contributed by atoms with Crippen LogP contribution >= 0.6 is 0 Å². The molecule has 0 bridgehead atoms. The van der Waals surface area contributed by atoms with Crippen LogP contribution < -0.4 is 10.6 Å². The molecule has 0 radical (unpaired) electrons. The lowest BCUT2D eigenvalue weighted by atomic mass is 9.96. The van der Waals surface area contributed by atoms with Gasteiger partial charge in [0, 0.05) is 36.6 Å². The predicted molar refractivity (Wildman–Crippen MR) is 171 cm³/mol. The molecule has 0 fully saturated rings.